The summed E-state index contributed by atoms with van der Waals surface area (Å²) in [6.07, 6.45) is 2.73. The summed E-state index contributed by atoms with van der Waals surface area (Å²) >= 11 is 4.93. The van der Waals surface area contributed by atoms with Crippen molar-refractivity contribution in [3.05, 3.63) is 32.9 Å². The van der Waals surface area contributed by atoms with Crippen molar-refractivity contribution in [2.45, 2.75) is 20.3 Å². The highest BCUT2D eigenvalue weighted by molar-refractivity contribution is 9.11. The third-order valence-electron chi connectivity index (χ3n) is 2.20. The summed E-state index contributed by atoms with van der Waals surface area (Å²) in [6, 6.07) is 1.93. The van der Waals surface area contributed by atoms with Gasteiger partial charge in [-0.2, -0.15) is 0 Å². The Kier molecular flexibility index (Phi) is 5.22. The molecule has 0 fully saturated rings. The highest BCUT2D eigenvalue weighted by atomic mass is 79.9. The Morgan fingerprint density at radius 3 is 2.81 bits per heavy atom. The standard InChI is InChI=1S/C12H16BrNOS/c1-4-6-14(7-5-2)12(15)10-8-9(3)11(13)16-10/h4,8H,1,5-7H2,2-3H3. The van der Waals surface area contributed by atoms with Crippen LogP contribution in [0.1, 0.15) is 28.6 Å². The molecule has 0 saturated carbocycles. The van der Waals surface area contributed by atoms with E-state index >= 15 is 0 Å². The van der Waals surface area contributed by atoms with Crippen LogP contribution in [0.5, 0.6) is 0 Å². The van der Waals surface area contributed by atoms with Crippen molar-refractivity contribution in [3.8, 4) is 0 Å². The lowest BCUT2D eigenvalue weighted by atomic mass is 10.3. The van der Waals surface area contributed by atoms with Crippen LogP contribution in [0.4, 0.5) is 0 Å². The molecule has 0 atom stereocenters. The molecule has 1 rings (SSSR count). The second-order valence-corrected chi connectivity index (χ2v) is 5.98. The van der Waals surface area contributed by atoms with Crippen LogP contribution in [0.3, 0.4) is 0 Å². The van der Waals surface area contributed by atoms with Gasteiger partial charge in [0.25, 0.3) is 5.91 Å². The first-order chi connectivity index (χ1) is 7.60. The third-order valence-corrected chi connectivity index (χ3v) is 4.32. The Bertz CT molecular complexity index is 367. The minimum Gasteiger partial charge on any atom is -0.334 e. The monoisotopic (exact) mass is 301 g/mol. The van der Waals surface area contributed by atoms with Crippen LogP contribution in [0.15, 0.2) is 22.5 Å². The number of carbonyl (C=O) groups excluding carboxylic acids is 1. The fraction of sp³-hybridized carbons (Fsp3) is 0.417. The van der Waals surface area contributed by atoms with E-state index in [0.717, 1.165) is 27.2 Å². The van der Waals surface area contributed by atoms with Gasteiger partial charge in [-0.05, 0) is 40.9 Å². The molecule has 0 aliphatic carbocycles. The summed E-state index contributed by atoms with van der Waals surface area (Å²) in [5.74, 6) is 0.0977. The fourth-order valence-corrected chi connectivity index (χ4v) is 2.93. The Labute approximate surface area is 109 Å². The molecule has 0 aliphatic rings. The van der Waals surface area contributed by atoms with Crippen LogP contribution in [0, 0.1) is 6.92 Å². The fourth-order valence-electron chi connectivity index (χ4n) is 1.42. The van der Waals surface area contributed by atoms with Gasteiger partial charge >= 0.3 is 0 Å². The number of hydrogen-bond donors (Lipinski definition) is 0. The van der Waals surface area contributed by atoms with Gasteiger partial charge in [0.15, 0.2) is 0 Å². The molecule has 0 radical (unpaired) electrons. The zero-order valence-electron chi connectivity index (χ0n) is 9.62. The lowest BCUT2D eigenvalue weighted by Gasteiger charge is -2.19. The SMILES string of the molecule is C=CCN(CCC)C(=O)c1cc(C)c(Br)s1. The number of halogens is 1. The molecule has 0 saturated heterocycles. The number of aryl methyl sites for hydroxylation is 1. The summed E-state index contributed by atoms with van der Waals surface area (Å²) in [7, 11) is 0. The first-order valence-corrected chi connectivity index (χ1v) is 6.87. The van der Waals surface area contributed by atoms with Crippen LogP contribution >= 0.6 is 27.3 Å². The van der Waals surface area contributed by atoms with Crippen molar-refractivity contribution in [1.29, 1.82) is 0 Å². The third kappa shape index (κ3) is 3.19. The molecule has 1 heterocycles. The molecular weight excluding hydrogens is 286 g/mol. The van der Waals surface area contributed by atoms with Crippen molar-refractivity contribution in [2.24, 2.45) is 0 Å². The summed E-state index contributed by atoms with van der Waals surface area (Å²) in [6.45, 7) is 9.13. The number of amides is 1. The number of rotatable bonds is 5. The summed E-state index contributed by atoms with van der Waals surface area (Å²) < 4.78 is 1.03. The van der Waals surface area contributed by atoms with Crippen molar-refractivity contribution in [1.82, 2.24) is 4.90 Å². The van der Waals surface area contributed by atoms with Crippen molar-refractivity contribution in [2.75, 3.05) is 13.1 Å². The zero-order chi connectivity index (χ0) is 12.1. The molecule has 0 aliphatic heterocycles. The largest absolute Gasteiger partial charge is 0.334 e. The van der Waals surface area contributed by atoms with E-state index in [1.54, 1.807) is 6.08 Å². The molecule has 1 aromatic heterocycles. The molecule has 0 aromatic carbocycles. The summed E-state index contributed by atoms with van der Waals surface area (Å²) in [5, 5.41) is 0. The Morgan fingerprint density at radius 1 is 1.69 bits per heavy atom. The van der Waals surface area contributed by atoms with Gasteiger partial charge in [0.2, 0.25) is 0 Å². The highest BCUT2D eigenvalue weighted by Crippen LogP contribution is 2.28. The van der Waals surface area contributed by atoms with Crippen LogP contribution in [-0.2, 0) is 0 Å². The number of thiophene rings is 1. The number of nitrogens with zero attached hydrogens (tertiary/aromatic N) is 1. The normalized spacial score (nSPS) is 10.2. The van der Waals surface area contributed by atoms with Gasteiger partial charge in [-0.25, -0.2) is 0 Å². The molecule has 1 aromatic rings. The molecule has 0 unspecified atom stereocenters. The van der Waals surface area contributed by atoms with E-state index in [9.17, 15) is 4.79 Å². The second kappa shape index (κ2) is 6.21. The predicted molar refractivity (Wildman–Crippen MR) is 73.1 cm³/mol. The van der Waals surface area contributed by atoms with Crippen LogP contribution in [0.25, 0.3) is 0 Å². The number of hydrogen-bond acceptors (Lipinski definition) is 2. The van der Waals surface area contributed by atoms with Gasteiger partial charge in [-0.3, -0.25) is 4.79 Å². The van der Waals surface area contributed by atoms with Crippen molar-refractivity contribution < 1.29 is 4.79 Å². The maximum Gasteiger partial charge on any atom is 0.264 e. The minimum atomic E-state index is 0.0977. The molecule has 0 spiro atoms. The van der Waals surface area contributed by atoms with Crippen molar-refractivity contribution >= 4 is 33.2 Å². The first kappa shape index (κ1) is 13.5. The lowest BCUT2D eigenvalue weighted by molar-refractivity contribution is 0.0779. The van der Waals surface area contributed by atoms with Gasteiger partial charge in [0, 0.05) is 13.1 Å². The lowest BCUT2D eigenvalue weighted by Crippen LogP contribution is -2.31. The minimum absolute atomic E-state index is 0.0977. The van der Waals surface area contributed by atoms with Gasteiger partial charge in [-0.1, -0.05) is 13.0 Å². The maximum atomic E-state index is 12.2. The maximum absolute atomic E-state index is 12.2. The molecule has 16 heavy (non-hydrogen) atoms. The molecule has 2 nitrogen and oxygen atoms in total. The molecule has 0 N–H and O–H groups in total. The predicted octanol–water partition coefficient (Wildman–Crippen LogP) is 3.86. The molecule has 4 heteroatoms. The topological polar surface area (TPSA) is 20.3 Å². The van der Waals surface area contributed by atoms with Crippen molar-refractivity contribution in [3.63, 3.8) is 0 Å². The molecule has 88 valence electrons. The zero-order valence-corrected chi connectivity index (χ0v) is 12.0. The quantitative estimate of drug-likeness (QED) is 0.756. The van der Waals surface area contributed by atoms with E-state index in [4.69, 9.17) is 0 Å². The van der Waals surface area contributed by atoms with E-state index in [2.05, 4.69) is 29.4 Å². The Morgan fingerprint density at radius 2 is 2.38 bits per heavy atom. The van der Waals surface area contributed by atoms with Gasteiger partial charge < -0.3 is 4.90 Å². The van der Waals surface area contributed by atoms with E-state index in [0.29, 0.717) is 6.54 Å². The average Bonchev–Trinajstić information content (AvgIpc) is 2.58. The highest BCUT2D eigenvalue weighted by Gasteiger charge is 2.16. The van der Waals surface area contributed by atoms with Gasteiger partial charge in [0.1, 0.15) is 0 Å². The number of carbonyl (C=O) groups is 1. The van der Waals surface area contributed by atoms with E-state index in [-0.39, 0.29) is 5.91 Å². The van der Waals surface area contributed by atoms with Crippen LogP contribution in [0.2, 0.25) is 0 Å². The summed E-state index contributed by atoms with van der Waals surface area (Å²) in [4.78, 5) is 14.8. The van der Waals surface area contributed by atoms with Gasteiger partial charge in [0.05, 0.1) is 8.66 Å². The first-order valence-electron chi connectivity index (χ1n) is 5.26. The molecule has 0 bridgehead atoms. The smallest absolute Gasteiger partial charge is 0.264 e. The van der Waals surface area contributed by atoms with E-state index in [1.807, 2.05) is 17.9 Å². The van der Waals surface area contributed by atoms with E-state index < -0.39 is 0 Å². The average molecular weight is 302 g/mol. The summed E-state index contributed by atoms with van der Waals surface area (Å²) in [5.41, 5.74) is 1.11. The Balaban J connectivity index is 2.84. The van der Waals surface area contributed by atoms with E-state index in [1.165, 1.54) is 11.3 Å². The van der Waals surface area contributed by atoms with Crippen LogP contribution in [-0.4, -0.2) is 23.9 Å². The molecular formula is C12H16BrNOS. The molecule has 1 amide bonds. The Hall–Kier alpha value is -0.610. The second-order valence-electron chi connectivity index (χ2n) is 3.61. The van der Waals surface area contributed by atoms with Crippen LogP contribution < -0.4 is 0 Å². The van der Waals surface area contributed by atoms with Gasteiger partial charge in [-0.15, -0.1) is 17.9 Å².